The molecule has 2 N–H and O–H groups in total. The van der Waals surface area contributed by atoms with Gasteiger partial charge in [0.05, 0.1) is 17.7 Å². The summed E-state index contributed by atoms with van der Waals surface area (Å²) >= 11 is 6.00. The van der Waals surface area contributed by atoms with Gasteiger partial charge in [-0.3, -0.25) is 9.52 Å². The number of ether oxygens (including phenoxy) is 1. The van der Waals surface area contributed by atoms with Gasteiger partial charge in [0.25, 0.3) is 15.9 Å². The van der Waals surface area contributed by atoms with E-state index >= 15 is 0 Å². The molecule has 0 radical (unpaired) electrons. The highest BCUT2D eigenvalue weighted by atomic mass is 35.5. The molecule has 0 spiro atoms. The maximum absolute atomic E-state index is 12.9. The van der Waals surface area contributed by atoms with Gasteiger partial charge in [0.15, 0.2) is 0 Å². The number of nitrogens with one attached hydrogen (secondary N) is 2. The molecule has 0 saturated heterocycles. The average molecular weight is 445 g/mol. The number of sulfonamides is 1. The van der Waals surface area contributed by atoms with Gasteiger partial charge in [0.1, 0.15) is 5.75 Å². The smallest absolute Gasteiger partial charge is 0.262 e. The Morgan fingerprint density at radius 2 is 1.77 bits per heavy atom. The van der Waals surface area contributed by atoms with Crippen molar-refractivity contribution in [3.63, 3.8) is 0 Å². The lowest BCUT2D eigenvalue weighted by Gasteiger charge is -2.14. The summed E-state index contributed by atoms with van der Waals surface area (Å²) in [5.41, 5.74) is 2.47. The van der Waals surface area contributed by atoms with Crippen LogP contribution in [0.3, 0.4) is 0 Å². The van der Waals surface area contributed by atoms with Crippen LogP contribution in [-0.2, 0) is 10.0 Å². The molecule has 1 amide bonds. The van der Waals surface area contributed by atoms with Crippen LogP contribution in [0.5, 0.6) is 5.75 Å². The van der Waals surface area contributed by atoms with E-state index in [1.807, 2.05) is 13.0 Å². The summed E-state index contributed by atoms with van der Waals surface area (Å²) < 4.78 is 33.7. The molecule has 0 unspecified atom stereocenters. The molecule has 0 aromatic heterocycles. The number of hydrogen-bond donors (Lipinski definition) is 2. The van der Waals surface area contributed by atoms with Gasteiger partial charge < -0.3 is 10.1 Å². The fraction of sp³-hybridized carbons (Fsp3) is 0.136. The Bertz CT molecular complexity index is 1210. The minimum Gasteiger partial charge on any atom is -0.495 e. The molecular formula is C22H21ClN2O4S. The monoisotopic (exact) mass is 444 g/mol. The van der Waals surface area contributed by atoms with Crippen LogP contribution in [0.2, 0.25) is 5.02 Å². The normalized spacial score (nSPS) is 11.1. The molecule has 0 atom stereocenters. The van der Waals surface area contributed by atoms with Crippen LogP contribution in [0.15, 0.2) is 65.6 Å². The van der Waals surface area contributed by atoms with Crippen molar-refractivity contribution in [2.45, 2.75) is 18.7 Å². The van der Waals surface area contributed by atoms with Gasteiger partial charge in [-0.25, -0.2) is 8.42 Å². The number of carbonyl (C=O) groups is 1. The molecule has 0 saturated carbocycles. The second-order valence-corrected chi connectivity index (χ2v) is 8.84. The molecule has 30 heavy (non-hydrogen) atoms. The Balaban J connectivity index is 1.91. The Kier molecular flexibility index (Phi) is 6.34. The quantitative estimate of drug-likeness (QED) is 0.559. The molecule has 3 aromatic rings. The minimum atomic E-state index is -3.88. The van der Waals surface area contributed by atoms with Crippen LogP contribution < -0.4 is 14.8 Å². The lowest BCUT2D eigenvalue weighted by Crippen LogP contribution is -2.17. The molecule has 3 rings (SSSR count). The molecular weight excluding hydrogens is 424 g/mol. The Labute approximate surface area is 180 Å². The van der Waals surface area contributed by atoms with E-state index < -0.39 is 15.9 Å². The molecule has 0 aliphatic heterocycles. The first kappa shape index (κ1) is 21.7. The number of halogens is 1. The predicted octanol–water partition coefficient (Wildman–Crippen LogP) is 5.02. The zero-order valence-corrected chi connectivity index (χ0v) is 18.3. The van der Waals surface area contributed by atoms with Crippen LogP contribution in [0.1, 0.15) is 21.5 Å². The Hall–Kier alpha value is -3.03. The highest BCUT2D eigenvalue weighted by Crippen LogP contribution is 2.28. The van der Waals surface area contributed by atoms with Gasteiger partial charge in [-0.15, -0.1) is 0 Å². The number of hydrogen-bond acceptors (Lipinski definition) is 4. The van der Waals surface area contributed by atoms with Gasteiger partial charge in [-0.1, -0.05) is 29.8 Å². The van der Waals surface area contributed by atoms with Crippen molar-refractivity contribution >= 4 is 38.9 Å². The van der Waals surface area contributed by atoms with Gasteiger partial charge in [-0.05, 0) is 67.4 Å². The summed E-state index contributed by atoms with van der Waals surface area (Å²) in [6.07, 6.45) is 0. The standard InChI is InChI=1S/C22H21ClN2O4S/c1-14-5-4-6-18(11-14)25-30(27,28)21-12-16(8-7-15(21)2)22(26)24-19-13-17(23)9-10-20(19)29-3/h4-13,25H,1-3H3,(H,24,26). The predicted molar refractivity (Wildman–Crippen MR) is 119 cm³/mol. The van der Waals surface area contributed by atoms with E-state index in [1.54, 1.807) is 55.5 Å². The van der Waals surface area contributed by atoms with Crippen molar-refractivity contribution < 1.29 is 17.9 Å². The second-order valence-electron chi connectivity index (χ2n) is 6.75. The van der Waals surface area contributed by atoms with Crippen molar-refractivity contribution in [2.24, 2.45) is 0 Å². The topological polar surface area (TPSA) is 84.5 Å². The number of methoxy groups -OCH3 is 1. The lowest BCUT2D eigenvalue weighted by atomic mass is 10.1. The number of carbonyl (C=O) groups excluding carboxylic acids is 1. The summed E-state index contributed by atoms with van der Waals surface area (Å²) in [4.78, 5) is 12.8. The van der Waals surface area contributed by atoms with E-state index in [-0.39, 0.29) is 10.5 Å². The van der Waals surface area contributed by atoms with E-state index in [2.05, 4.69) is 10.0 Å². The van der Waals surface area contributed by atoms with Gasteiger partial charge in [-0.2, -0.15) is 0 Å². The highest BCUT2D eigenvalue weighted by Gasteiger charge is 2.20. The largest absolute Gasteiger partial charge is 0.495 e. The number of rotatable bonds is 6. The van der Waals surface area contributed by atoms with E-state index in [1.165, 1.54) is 13.2 Å². The van der Waals surface area contributed by atoms with Crippen molar-refractivity contribution in [1.82, 2.24) is 0 Å². The fourth-order valence-corrected chi connectivity index (χ4v) is 4.42. The fourth-order valence-electron chi connectivity index (χ4n) is 2.92. The Morgan fingerprint density at radius 1 is 1.00 bits per heavy atom. The van der Waals surface area contributed by atoms with E-state index in [0.717, 1.165) is 5.56 Å². The first-order chi connectivity index (χ1) is 14.2. The van der Waals surface area contributed by atoms with Crippen molar-refractivity contribution in [3.05, 3.63) is 82.4 Å². The summed E-state index contributed by atoms with van der Waals surface area (Å²) in [6, 6.07) is 16.4. The molecule has 0 bridgehead atoms. The molecule has 0 heterocycles. The van der Waals surface area contributed by atoms with Gasteiger partial charge in [0.2, 0.25) is 0 Å². The zero-order chi connectivity index (χ0) is 21.9. The molecule has 0 fully saturated rings. The van der Waals surface area contributed by atoms with Crippen LogP contribution in [0.4, 0.5) is 11.4 Å². The van der Waals surface area contributed by atoms with Crippen LogP contribution in [0.25, 0.3) is 0 Å². The van der Waals surface area contributed by atoms with Crippen LogP contribution in [0, 0.1) is 13.8 Å². The summed E-state index contributed by atoms with van der Waals surface area (Å²) in [5.74, 6) is -0.0450. The lowest BCUT2D eigenvalue weighted by molar-refractivity contribution is 0.102. The average Bonchev–Trinajstić information content (AvgIpc) is 2.68. The minimum absolute atomic E-state index is 0.0229. The third kappa shape index (κ3) is 4.93. The second kappa shape index (κ2) is 8.77. The van der Waals surface area contributed by atoms with Gasteiger partial charge >= 0.3 is 0 Å². The maximum Gasteiger partial charge on any atom is 0.262 e. The number of aryl methyl sites for hydroxylation is 2. The summed E-state index contributed by atoms with van der Waals surface area (Å²) in [6.45, 7) is 3.55. The molecule has 8 heteroatoms. The summed E-state index contributed by atoms with van der Waals surface area (Å²) in [5, 5.41) is 3.14. The third-order valence-corrected chi connectivity index (χ3v) is 6.18. The van der Waals surface area contributed by atoms with Crippen LogP contribution in [-0.4, -0.2) is 21.4 Å². The number of anilines is 2. The zero-order valence-electron chi connectivity index (χ0n) is 16.7. The number of amides is 1. The molecule has 3 aromatic carbocycles. The molecule has 0 aliphatic carbocycles. The molecule has 156 valence electrons. The SMILES string of the molecule is COc1ccc(Cl)cc1NC(=O)c1ccc(C)c(S(=O)(=O)Nc2cccc(C)c2)c1. The van der Waals surface area contributed by atoms with Crippen molar-refractivity contribution in [2.75, 3.05) is 17.1 Å². The van der Waals surface area contributed by atoms with Crippen molar-refractivity contribution in [1.29, 1.82) is 0 Å². The highest BCUT2D eigenvalue weighted by molar-refractivity contribution is 7.92. The Morgan fingerprint density at radius 3 is 2.47 bits per heavy atom. The maximum atomic E-state index is 12.9. The van der Waals surface area contributed by atoms with Gasteiger partial charge in [0, 0.05) is 16.3 Å². The van der Waals surface area contributed by atoms with E-state index in [4.69, 9.17) is 16.3 Å². The van der Waals surface area contributed by atoms with E-state index in [0.29, 0.717) is 27.7 Å². The number of benzene rings is 3. The molecule has 0 aliphatic rings. The molecule has 6 nitrogen and oxygen atoms in total. The third-order valence-electron chi connectivity index (χ3n) is 4.42. The summed E-state index contributed by atoms with van der Waals surface area (Å²) in [7, 11) is -2.41. The van der Waals surface area contributed by atoms with Crippen LogP contribution >= 0.6 is 11.6 Å². The van der Waals surface area contributed by atoms with Crippen molar-refractivity contribution in [3.8, 4) is 5.75 Å². The first-order valence-electron chi connectivity index (χ1n) is 9.04. The first-order valence-corrected chi connectivity index (χ1v) is 10.9. The van der Waals surface area contributed by atoms with E-state index in [9.17, 15) is 13.2 Å².